The molecule has 0 amide bonds. The summed E-state index contributed by atoms with van der Waals surface area (Å²) in [6.07, 6.45) is 35.8. The SMILES string of the molecule is CCCCCCCCc1c2ccccc2c(CCCCCCCC)c2c(Oc3c(C)ccc4c(CCCCCCCC)c5ccccc5c(CCCCCCCC)c34)c(C)ccc12. The number of rotatable bonds is 30. The number of aryl methyl sites for hydroxylation is 6. The van der Waals surface area contributed by atoms with E-state index in [2.05, 4.69) is 114 Å². The highest BCUT2D eigenvalue weighted by molar-refractivity contribution is 6.11. The van der Waals surface area contributed by atoms with Crippen molar-refractivity contribution in [2.75, 3.05) is 0 Å². The fraction of sp³-hybridized carbons (Fsp3) is 0.548. The van der Waals surface area contributed by atoms with Crippen LogP contribution >= 0.6 is 0 Å². The molecule has 6 rings (SSSR count). The molecule has 0 aliphatic heterocycles. The first kappa shape index (κ1) is 48.6. The number of hydrogen-bond donors (Lipinski definition) is 0. The van der Waals surface area contributed by atoms with E-state index in [4.69, 9.17) is 4.74 Å². The van der Waals surface area contributed by atoms with Gasteiger partial charge in [0.1, 0.15) is 11.5 Å². The molecule has 0 saturated carbocycles. The molecule has 0 aliphatic rings. The fourth-order valence-electron chi connectivity index (χ4n) is 10.8. The van der Waals surface area contributed by atoms with Crippen molar-refractivity contribution in [2.24, 2.45) is 0 Å². The minimum absolute atomic E-state index is 1.09. The van der Waals surface area contributed by atoms with Crippen molar-refractivity contribution < 1.29 is 4.74 Å². The van der Waals surface area contributed by atoms with E-state index in [0.717, 1.165) is 37.2 Å². The molecule has 1 heteroatoms. The third kappa shape index (κ3) is 12.7. The maximum atomic E-state index is 7.81. The van der Waals surface area contributed by atoms with Crippen LogP contribution in [0.4, 0.5) is 0 Å². The minimum atomic E-state index is 1.09. The third-order valence-corrected chi connectivity index (χ3v) is 14.4. The second-order valence-electron chi connectivity index (χ2n) is 19.4. The normalized spacial score (nSPS) is 11.8. The lowest BCUT2D eigenvalue weighted by atomic mass is 9.85. The van der Waals surface area contributed by atoms with Crippen LogP contribution in [0.1, 0.15) is 215 Å². The zero-order valence-electron chi connectivity index (χ0n) is 41.1. The lowest BCUT2D eigenvalue weighted by Crippen LogP contribution is -2.03. The smallest absolute Gasteiger partial charge is 0.138 e. The summed E-state index contributed by atoms with van der Waals surface area (Å²) in [5.41, 5.74) is 8.54. The summed E-state index contributed by atoms with van der Waals surface area (Å²) < 4.78 is 7.81. The Morgan fingerprint density at radius 3 is 0.873 bits per heavy atom. The number of hydrogen-bond acceptors (Lipinski definition) is 1. The Bertz CT molecular complexity index is 2140. The van der Waals surface area contributed by atoms with Gasteiger partial charge in [-0.3, -0.25) is 0 Å². The maximum Gasteiger partial charge on any atom is 0.138 e. The van der Waals surface area contributed by atoms with Gasteiger partial charge < -0.3 is 4.74 Å². The summed E-state index contributed by atoms with van der Waals surface area (Å²) in [6, 6.07) is 28.5. The van der Waals surface area contributed by atoms with Gasteiger partial charge >= 0.3 is 0 Å². The molecule has 6 aromatic carbocycles. The summed E-state index contributed by atoms with van der Waals surface area (Å²) in [7, 11) is 0. The Balaban J connectivity index is 1.53. The Hall–Kier alpha value is -3.84. The molecule has 0 radical (unpaired) electrons. The van der Waals surface area contributed by atoms with Crippen LogP contribution in [-0.4, -0.2) is 0 Å². The van der Waals surface area contributed by atoms with Crippen molar-refractivity contribution in [1.82, 2.24) is 0 Å². The summed E-state index contributed by atoms with van der Waals surface area (Å²) in [5, 5.41) is 11.4. The van der Waals surface area contributed by atoms with E-state index in [-0.39, 0.29) is 0 Å². The minimum Gasteiger partial charge on any atom is -0.455 e. The molecule has 63 heavy (non-hydrogen) atoms. The van der Waals surface area contributed by atoms with Crippen LogP contribution in [0.3, 0.4) is 0 Å². The predicted molar refractivity (Wildman–Crippen MR) is 281 cm³/mol. The first-order valence-electron chi connectivity index (χ1n) is 26.6. The molecule has 0 atom stereocenters. The van der Waals surface area contributed by atoms with E-state index in [0.29, 0.717) is 0 Å². The van der Waals surface area contributed by atoms with E-state index >= 15 is 0 Å². The molecule has 0 unspecified atom stereocenters. The number of fused-ring (bicyclic) bond motifs is 4. The van der Waals surface area contributed by atoms with Gasteiger partial charge in [0.05, 0.1) is 0 Å². The molecule has 1 nitrogen and oxygen atoms in total. The molecule has 0 aliphatic carbocycles. The van der Waals surface area contributed by atoms with Gasteiger partial charge in [-0.25, -0.2) is 0 Å². The van der Waals surface area contributed by atoms with E-state index in [1.165, 1.54) is 231 Å². The van der Waals surface area contributed by atoms with Crippen molar-refractivity contribution >= 4 is 43.1 Å². The summed E-state index contributed by atoms with van der Waals surface area (Å²) in [6.45, 7) is 13.9. The zero-order chi connectivity index (χ0) is 44.2. The van der Waals surface area contributed by atoms with E-state index in [1.807, 2.05) is 0 Å². The van der Waals surface area contributed by atoms with E-state index in [9.17, 15) is 0 Å². The number of unbranched alkanes of at least 4 members (excludes halogenated alkanes) is 20. The molecule has 0 bridgehead atoms. The number of benzene rings is 6. The van der Waals surface area contributed by atoms with Crippen LogP contribution in [0, 0.1) is 13.8 Å². The van der Waals surface area contributed by atoms with E-state index in [1.54, 1.807) is 0 Å². The fourth-order valence-corrected chi connectivity index (χ4v) is 10.8. The van der Waals surface area contributed by atoms with Gasteiger partial charge in [-0.2, -0.15) is 0 Å². The van der Waals surface area contributed by atoms with Gasteiger partial charge in [0.2, 0.25) is 0 Å². The first-order chi connectivity index (χ1) is 31.0. The monoisotopic (exact) mass is 847 g/mol. The Labute approximate surface area is 385 Å². The zero-order valence-corrected chi connectivity index (χ0v) is 41.1. The largest absolute Gasteiger partial charge is 0.455 e. The van der Waals surface area contributed by atoms with Gasteiger partial charge in [0, 0.05) is 10.8 Å². The Kier molecular flexibility index (Phi) is 20.2. The molecule has 0 spiro atoms. The first-order valence-corrected chi connectivity index (χ1v) is 26.6. The van der Waals surface area contributed by atoms with Crippen LogP contribution < -0.4 is 4.74 Å². The summed E-state index contributed by atoms with van der Waals surface area (Å²) in [5.74, 6) is 2.19. The molecule has 340 valence electrons. The summed E-state index contributed by atoms with van der Waals surface area (Å²) in [4.78, 5) is 0. The van der Waals surface area contributed by atoms with Gasteiger partial charge in [-0.15, -0.1) is 0 Å². The van der Waals surface area contributed by atoms with Gasteiger partial charge in [-0.1, -0.05) is 229 Å². The van der Waals surface area contributed by atoms with Crippen molar-refractivity contribution in [3.8, 4) is 11.5 Å². The van der Waals surface area contributed by atoms with Crippen LogP contribution in [0.25, 0.3) is 43.1 Å². The van der Waals surface area contributed by atoms with Crippen molar-refractivity contribution in [1.29, 1.82) is 0 Å². The molecular weight excluding hydrogens is 761 g/mol. The van der Waals surface area contributed by atoms with Crippen molar-refractivity contribution in [2.45, 2.75) is 221 Å². The molecule has 0 fully saturated rings. The van der Waals surface area contributed by atoms with Gasteiger partial charge in [0.15, 0.2) is 0 Å². The second-order valence-corrected chi connectivity index (χ2v) is 19.4. The van der Waals surface area contributed by atoms with Crippen LogP contribution in [0.15, 0.2) is 72.8 Å². The van der Waals surface area contributed by atoms with E-state index < -0.39 is 0 Å². The molecule has 6 aromatic rings. The maximum absolute atomic E-state index is 7.81. The summed E-state index contributed by atoms with van der Waals surface area (Å²) >= 11 is 0. The molecular formula is C62H86O. The third-order valence-electron chi connectivity index (χ3n) is 14.4. The quantitative estimate of drug-likeness (QED) is 0.0324. The van der Waals surface area contributed by atoms with Crippen LogP contribution in [0.2, 0.25) is 0 Å². The Morgan fingerprint density at radius 1 is 0.286 bits per heavy atom. The molecule has 0 saturated heterocycles. The topological polar surface area (TPSA) is 9.23 Å². The highest BCUT2D eigenvalue weighted by Crippen LogP contribution is 2.47. The average molecular weight is 847 g/mol. The second kappa shape index (κ2) is 26.2. The lowest BCUT2D eigenvalue weighted by Gasteiger charge is -2.24. The standard InChI is InChI=1S/C62H86O/c1-7-11-15-19-23-27-35-53-49-37-31-33-39-51(49)55(41-29-25-21-17-13-9-3)59-57(53)45-43-47(5)61(59)63-62-48(6)44-46-58-54(36-28-24-20-16-12-8-2)50-38-32-34-40-52(50)56(60(58)62)42-30-26-22-18-14-10-4/h31-34,37-40,43-46H,7-30,35-36,41-42H2,1-6H3. The Morgan fingerprint density at radius 2 is 0.556 bits per heavy atom. The highest BCUT2D eigenvalue weighted by Gasteiger charge is 2.23. The molecule has 0 heterocycles. The van der Waals surface area contributed by atoms with Crippen molar-refractivity contribution in [3.63, 3.8) is 0 Å². The van der Waals surface area contributed by atoms with Crippen molar-refractivity contribution in [3.05, 3.63) is 106 Å². The molecule has 0 aromatic heterocycles. The molecule has 0 N–H and O–H groups in total. The van der Waals surface area contributed by atoms with Crippen LogP contribution in [-0.2, 0) is 25.7 Å². The predicted octanol–water partition coefficient (Wildman–Crippen LogP) is 20.3. The van der Waals surface area contributed by atoms with Gasteiger partial charge in [-0.05, 0) is 131 Å². The van der Waals surface area contributed by atoms with Gasteiger partial charge in [0.25, 0.3) is 0 Å². The number of ether oxygens (including phenoxy) is 1. The van der Waals surface area contributed by atoms with Crippen LogP contribution in [0.5, 0.6) is 11.5 Å². The highest BCUT2D eigenvalue weighted by atomic mass is 16.5. The lowest BCUT2D eigenvalue weighted by molar-refractivity contribution is 0.485. The average Bonchev–Trinajstić information content (AvgIpc) is 3.30.